The molecule has 0 saturated carbocycles. The lowest BCUT2D eigenvalue weighted by molar-refractivity contribution is -0.147. The number of aliphatic hydroxyl groups excluding tert-OH is 1. The fourth-order valence-corrected chi connectivity index (χ4v) is 7.67. The van der Waals surface area contributed by atoms with Gasteiger partial charge in [-0.1, -0.05) is 52.3 Å². The predicted octanol–water partition coefficient (Wildman–Crippen LogP) is -5.18. The summed E-state index contributed by atoms with van der Waals surface area (Å²) < 4.78 is 0. The quantitative estimate of drug-likeness (QED) is 0.0287. The molecule has 1 heterocycles. The van der Waals surface area contributed by atoms with E-state index < -0.39 is 194 Å². The number of aliphatic carboxylic acids is 4. The third-order valence-corrected chi connectivity index (χ3v) is 12.5. The van der Waals surface area contributed by atoms with E-state index >= 15 is 0 Å². The fraction of sp³-hybridized carbons (Fsp3) is 0.542. The average molecular weight is 1150 g/mol. The van der Waals surface area contributed by atoms with Crippen LogP contribution in [-0.2, 0) is 73.5 Å². The molecule has 0 unspecified atom stereocenters. The van der Waals surface area contributed by atoms with Crippen molar-refractivity contribution in [2.45, 2.75) is 140 Å². The monoisotopic (exact) mass is 1150 g/mol. The number of nitrogens with two attached hydrogens (primary N) is 2. The Kier molecular flexibility index (Phi) is 27.5. The van der Waals surface area contributed by atoms with Crippen molar-refractivity contribution in [2.24, 2.45) is 23.3 Å². The molecule has 11 atom stereocenters. The summed E-state index contributed by atoms with van der Waals surface area (Å²) in [6.07, 6.45) is -4.45. The van der Waals surface area contributed by atoms with E-state index in [2.05, 4.69) is 65.5 Å². The molecule has 0 spiro atoms. The highest BCUT2D eigenvalue weighted by Gasteiger charge is 2.37. The molecular formula is C48H70N12O19S. The molecule has 442 valence electrons. The van der Waals surface area contributed by atoms with E-state index in [-0.39, 0.29) is 18.6 Å². The Bertz CT molecular complexity index is 2610. The van der Waals surface area contributed by atoms with E-state index in [1.807, 2.05) is 0 Å². The number of carbonyl (C=O) groups excluding carboxylic acids is 10. The first kappa shape index (κ1) is 67.7. The molecule has 10 amide bonds. The topological polar surface area (TPSA) is 516 Å². The van der Waals surface area contributed by atoms with Gasteiger partial charge < -0.3 is 89.8 Å². The molecule has 0 radical (unpaired) electrons. The second kappa shape index (κ2) is 32.5. The van der Waals surface area contributed by atoms with E-state index in [4.69, 9.17) is 11.5 Å². The lowest BCUT2D eigenvalue weighted by Crippen LogP contribution is -2.61. The zero-order valence-corrected chi connectivity index (χ0v) is 45.1. The van der Waals surface area contributed by atoms with Gasteiger partial charge >= 0.3 is 23.9 Å². The lowest BCUT2D eigenvalue weighted by atomic mass is 9.97. The Morgan fingerprint density at radius 3 is 1.59 bits per heavy atom. The third-order valence-electron chi connectivity index (χ3n) is 12.1. The van der Waals surface area contributed by atoms with Crippen LogP contribution < -0.4 is 59.3 Å². The number of aliphatic hydroxyl groups is 1. The van der Waals surface area contributed by atoms with E-state index in [0.717, 1.165) is 6.92 Å². The minimum atomic E-state index is -1.99. The van der Waals surface area contributed by atoms with Crippen molar-refractivity contribution < 1.29 is 92.7 Å². The molecule has 0 saturated heterocycles. The fourth-order valence-electron chi connectivity index (χ4n) is 7.51. The molecule has 1 aromatic heterocycles. The first-order valence-electron chi connectivity index (χ1n) is 24.9. The summed E-state index contributed by atoms with van der Waals surface area (Å²) in [5, 5.41) is 69.1. The van der Waals surface area contributed by atoms with E-state index in [1.165, 1.54) is 27.0 Å². The zero-order valence-electron chi connectivity index (χ0n) is 44.2. The van der Waals surface area contributed by atoms with Gasteiger partial charge in [0.1, 0.15) is 48.3 Å². The summed E-state index contributed by atoms with van der Waals surface area (Å²) in [4.78, 5) is 183. The number of hydrogen-bond acceptors (Lipinski definition) is 17. The summed E-state index contributed by atoms with van der Waals surface area (Å²) in [5.41, 5.74) is 12.0. The number of hydrogen-bond donors (Lipinski definition) is 18. The predicted molar refractivity (Wildman–Crippen MR) is 281 cm³/mol. The number of carbonyl (C=O) groups is 14. The molecule has 31 nitrogen and oxygen atoms in total. The highest BCUT2D eigenvalue weighted by atomic mass is 32.1. The van der Waals surface area contributed by atoms with Gasteiger partial charge in [0.25, 0.3) is 0 Å². The lowest BCUT2D eigenvalue weighted by Gasteiger charge is -2.29. The smallest absolute Gasteiger partial charge is 0.326 e. The first-order valence-corrected chi connectivity index (χ1v) is 25.5. The summed E-state index contributed by atoms with van der Waals surface area (Å²) >= 11 is 3.88. The van der Waals surface area contributed by atoms with Gasteiger partial charge in [-0.2, -0.15) is 12.6 Å². The number of nitrogens with one attached hydrogen (secondary N) is 10. The van der Waals surface area contributed by atoms with Crippen LogP contribution in [0.15, 0.2) is 30.5 Å². The molecule has 0 aliphatic heterocycles. The van der Waals surface area contributed by atoms with Crippen molar-refractivity contribution in [3.05, 3.63) is 36.0 Å². The SMILES string of the molecule is CC[C@H](C)[C@H](NC(=O)CNC(=O)[C@@H](NC(=O)[C@H](CC(=O)O)NC(=O)[C@@H](N)CS)[C@@H](C)O)C(=O)N[C@@H](CCC(N)=O)C(=O)N[C@H](C(=O)N[C@@H](CC(=O)O)C(=O)N[C@@H](Cc1c[nH]c2ccccc12)C(=O)N[C@@H](CC(=O)O)C(=O)O)C(C)C. The van der Waals surface area contributed by atoms with Crippen LogP contribution >= 0.6 is 12.6 Å². The number of carboxylic acids is 4. The zero-order chi connectivity index (χ0) is 60.7. The number of benzene rings is 1. The van der Waals surface area contributed by atoms with Crippen molar-refractivity contribution in [1.82, 2.24) is 52.8 Å². The molecule has 0 aliphatic carbocycles. The van der Waals surface area contributed by atoms with Gasteiger partial charge in [0.2, 0.25) is 59.1 Å². The minimum absolute atomic E-state index is 0.172. The van der Waals surface area contributed by atoms with Gasteiger partial charge in [-0.25, -0.2) is 4.79 Å². The Hall–Kier alpha value is -8.39. The number of H-pyrrole nitrogens is 1. The Morgan fingerprint density at radius 2 is 1.06 bits per heavy atom. The maximum atomic E-state index is 14.0. The molecule has 2 aromatic rings. The number of primary amides is 1. The maximum Gasteiger partial charge on any atom is 0.326 e. The van der Waals surface area contributed by atoms with Gasteiger partial charge in [-0.15, -0.1) is 0 Å². The van der Waals surface area contributed by atoms with Crippen molar-refractivity contribution in [3.8, 4) is 0 Å². The molecule has 80 heavy (non-hydrogen) atoms. The van der Waals surface area contributed by atoms with Gasteiger partial charge in [0, 0.05) is 35.7 Å². The summed E-state index contributed by atoms with van der Waals surface area (Å²) in [6, 6.07) is -8.54. The average Bonchev–Trinajstić information content (AvgIpc) is 3.79. The third kappa shape index (κ3) is 22.2. The maximum absolute atomic E-state index is 14.0. The number of aromatic nitrogens is 1. The number of rotatable bonds is 35. The van der Waals surface area contributed by atoms with E-state index in [0.29, 0.717) is 16.5 Å². The van der Waals surface area contributed by atoms with Crippen LogP contribution in [0.25, 0.3) is 10.9 Å². The van der Waals surface area contributed by atoms with Crippen LogP contribution in [0.3, 0.4) is 0 Å². The van der Waals surface area contributed by atoms with Crippen molar-refractivity contribution in [3.63, 3.8) is 0 Å². The Balaban J connectivity index is 2.35. The number of thiol groups is 1. The van der Waals surface area contributed by atoms with Crippen LogP contribution in [0, 0.1) is 11.8 Å². The molecule has 0 bridgehead atoms. The molecule has 19 N–H and O–H groups in total. The van der Waals surface area contributed by atoms with Gasteiger partial charge in [0.05, 0.1) is 38.0 Å². The number of carboxylic acid groups (broad SMARTS) is 4. The standard InChI is InChI=1S/C48H70N12O19S/c1-6-21(4)38(58-33(63)18-52-45(75)39(22(5)61)60-44(74)30(15-35(66)67)54-40(70)25(49)19-80)47(77)53-27(11-12-32(50)62)41(71)59-37(20(2)3)46(76)56-29(14-34(64)65)43(73)55-28(42(72)57-31(48(78)79)16-36(68)69)13-23-17-51-26-10-8-7-9-24(23)26/h7-10,17,20-22,25,27-31,37-39,51,61,80H,6,11-16,18-19,49H2,1-5H3,(H2,50,62)(H,52,75)(H,53,77)(H,54,70)(H,55,73)(H,56,76)(H,57,72)(H,58,63)(H,59,71)(H,60,74)(H,64,65)(H,66,67)(H,68,69)(H,78,79)/t21-,22+,25-,27-,28-,29-,30-,31-,37-,38-,39-/m0/s1. The number of fused-ring (bicyclic) bond motifs is 1. The normalized spacial score (nSPS) is 15.2. The molecule has 0 fully saturated rings. The largest absolute Gasteiger partial charge is 0.481 e. The second-order valence-electron chi connectivity index (χ2n) is 18.9. The minimum Gasteiger partial charge on any atom is -0.481 e. The Labute approximate surface area is 462 Å². The molecular weight excluding hydrogens is 1080 g/mol. The first-order chi connectivity index (χ1) is 37.4. The van der Waals surface area contributed by atoms with Crippen LogP contribution in [-0.4, -0.2) is 186 Å². The molecule has 1 aromatic carbocycles. The highest BCUT2D eigenvalue weighted by molar-refractivity contribution is 7.80. The van der Waals surface area contributed by atoms with Gasteiger partial charge in [-0.3, -0.25) is 62.3 Å². The summed E-state index contributed by atoms with van der Waals surface area (Å²) in [7, 11) is 0. The van der Waals surface area contributed by atoms with Gasteiger partial charge in [0.15, 0.2) is 0 Å². The number of amides is 10. The summed E-state index contributed by atoms with van der Waals surface area (Å²) in [6.45, 7) is 6.23. The van der Waals surface area contributed by atoms with Crippen LogP contribution in [0.1, 0.15) is 78.7 Å². The van der Waals surface area contributed by atoms with Crippen molar-refractivity contribution >= 4 is 106 Å². The van der Waals surface area contributed by atoms with Crippen molar-refractivity contribution in [2.75, 3.05) is 12.3 Å². The highest BCUT2D eigenvalue weighted by Crippen LogP contribution is 2.20. The summed E-state index contributed by atoms with van der Waals surface area (Å²) in [5.74, 6) is -19.2. The Morgan fingerprint density at radius 1 is 0.588 bits per heavy atom. The van der Waals surface area contributed by atoms with Crippen LogP contribution in [0.2, 0.25) is 0 Å². The van der Waals surface area contributed by atoms with E-state index in [1.54, 1.807) is 31.2 Å². The number of para-hydroxylation sites is 1. The van der Waals surface area contributed by atoms with Crippen molar-refractivity contribution in [1.29, 1.82) is 0 Å². The molecule has 32 heteroatoms. The van der Waals surface area contributed by atoms with Crippen LogP contribution in [0.5, 0.6) is 0 Å². The van der Waals surface area contributed by atoms with Gasteiger partial charge in [-0.05, 0) is 36.8 Å². The van der Waals surface area contributed by atoms with Crippen LogP contribution in [0.4, 0.5) is 0 Å². The second-order valence-corrected chi connectivity index (χ2v) is 19.3. The number of aromatic amines is 1. The molecule has 2 rings (SSSR count). The van der Waals surface area contributed by atoms with E-state index in [9.17, 15) is 92.7 Å². The molecule has 0 aliphatic rings.